The summed E-state index contributed by atoms with van der Waals surface area (Å²) < 4.78 is 6.88. The van der Waals surface area contributed by atoms with E-state index < -0.39 is 28.0 Å². The Morgan fingerprint density at radius 1 is 0.579 bits per heavy atom. The van der Waals surface area contributed by atoms with Crippen LogP contribution in [0.4, 0.5) is 0 Å². The van der Waals surface area contributed by atoms with E-state index in [1.54, 1.807) is 11.1 Å². The fourth-order valence-corrected chi connectivity index (χ4v) is 40.0. The van der Waals surface area contributed by atoms with Crippen LogP contribution in [0.5, 0.6) is 0 Å². The Kier molecular flexibility index (Phi) is 5.46. The van der Waals surface area contributed by atoms with Crippen molar-refractivity contribution >= 4 is 20.2 Å². The molecule has 1 fully saturated rings. The Balaban J connectivity index is 1.43. The van der Waals surface area contributed by atoms with Gasteiger partial charge in [0.2, 0.25) is 0 Å². The average molecular weight is 675 g/mol. The van der Waals surface area contributed by atoms with Crippen LogP contribution in [0.2, 0.25) is 22.5 Å². The molecular weight excluding hydrogens is 639 g/mol. The van der Waals surface area contributed by atoms with E-state index in [0.717, 1.165) is 0 Å². The molecule has 0 N–H and O–H groups in total. The Morgan fingerprint density at radius 3 is 1.42 bits per heavy atom. The molecule has 188 valence electrons. The predicted molar refractivity (Wildman–Crippen MR) is 164 cm³/mol. The maximum absolute atomic E-state index is 2.96. The Labute approximate surface area is 233 Å². The Bertz CT molecular complexity index is 1580. The molecule has 0 aromatic heterocycles. The zero-order valence-electron chi connectivity index (χ0n) is 23.4. The summed E-state index contributed by atoms with van der Waals surface area (Å²) in [6.07, 6.45) is 5.35. The number of rotatable bonds is 2. The topological polar surface area (TPSA) is 0 Å². The molecule has 2 aliphatic carbocycles. The Hall–Kier alpha value is -2.55. The van der Waals surface area contributed by atoms with Crippen LogP contribution in [0.25, 0.3) is 34.4 Å². The van der Waals surface area contributed by atoms with Gasteiger partial charge in [-0.2, -0.15) is 0 Å². The van der Waals surface area contributed by atoms with Gasteiger partial charge in [0.25, 0.3) is 0 Å². The summed E-state index contributed by atoms with van der Waals surface area (Å²) in [4.78, 5) is 0. The van der Waals surface area contributed by atoms with E-state index in [2.05, 4.69) is 133 Å². The fraction of sp³-hybridized carbons (Fsp3) is 0.222. The van der Waals surface area contributed by atoms with Gasteiger partial charge < -0.3 is 0 Å². The molecular formula is C36H36HfSi. The first kappa shape index (κ1) is 24.5. The number of fused-ring (bicyclic) bond motifs is 6. The fourth-order valence-electron chi connectivity index (χ4n) is 7.95. The molecule has 1 saturated heterocycles. The monoisotopic (exact) mass is 676 g/mol. The second-order valence-corrected chi connectivity index (χ2v) is 34.5. The first-order chi connectivity index (χ1) is 18.2. The van der Waals surface area contributed by atoms with Crippen molar-refractivity contribution in [3.63, 3.8) is 0 Å². The first-order valence-electron chi connectivity index (χ1n) is 14.0. The average Bonchev–Trinajstić information content (AvgIpc) is 3.49. The molecule has 4 aromatic rings. The molecule has 7 rings (SSSR count). The van der Waals surface area contributed by atoms with Gasteiger partial charge in [0.15, 0.2) is 0 Å². The van der Waals surface area contributed by atoms with Crippen molar-refractivity contribution in [2.45, 2.75) is 43.7 Å². The second kappa shape index (κ2) is 8.47. The molecule has 38 heavy (non-hydrogen) atoms. The van der Waals surface area contributed by atoms with E-state index in [9.17, 15) is 0 Å². The van der Waals surface area contributed by atoms with E-state index in [-0.39, 0.29) is 0 Å². The van der Waals surface area contributed by atoms with Gasteiger partial charge in [-0.1, -0.05) is 0 Å². The van der Waals surface area contributed by atoms with Gasteiger partial charge in [-0.15, -0.1) is 0 Å². The van der Waals surface area contributed by atoms with Crippen molar-refractivity contribution in [2.24, 2.45) is 0 Å². The molecule has 2 atom stereocenters. The minimum atomic E-state index is -2.96. The van der Waals surface area contributed by atoms with E-state index in [1.165, 1.54) is 44.5 Å². The number of hydrogen-bond acceptors (Lipinski definition) is 0. The summed E-state index contributed by atoms with van der Waals surface area (Å²) in [6, 6.07) is 32.4. The van der Waals surface area contributed by atoms with Crippen LogP contribution in [0, 0.1) is 13.8 Å². The summed E-state index contributed by atoms with van der Waals surface area (Å²) >= 11 is -2.96. The molecule has 0 bridgehead atoms. The third kappa shape index (κ3) is 3.42. The standard InChI is InChI=1S/C34H30Si.2CH3.Hf/c1-23-9-5-11-25(17-23)31-15-7-13-27-19-29(21-33(27)31)35(3,4)30-20-28-14-8-16-32(34(28)22-30)26-12-6-10-24(2)18-26;;;/h5-22H,1-4H3;2*1H3;. The Morgan fingerprint density at radius 2 is 1.00 bits per heavy atom. The van der Waals surface area contributed by atoms with Crippen LogP contribution in [0.1, 0.15) is 40.7 Å². The van der Waals surface area contributed by atoms with Gasteiger partial charge in [-0.05, 0) is 0 Å². The number of aryl methyl sites for hydroxylation is 2. The summed E-state index contributed by atoms with van der Waals surface area (Å²) in [5.41, 5.74) is 14.5. The van der Waals surface area contributed by atoms with Crippen molar-refractivity contribution in [3.05, 3.63) is 129 Å². The van der Waals surface area contributed by atoms with Gasteiger partial charge in [0.1, 0.15) is 0 Å². The first-order valence-corrected chi connectivity index (χ1v) is 28.4. The second-order valence-electron chi connectivity index (χ2n) is 12.9. The number of allylic oxidation sites excluding steroid dienone is 2. The van der Waals surface area contributed by atoms with Gasteiger partial charge in [0, 0.05) is 0 Å². The summed E-state index contributed by atoms with van der Waals surface area (Å²) in [5.74, 6) is 0. The van der Waals surface area contributed by atoms with Crippen LogP contribution < -0.4 is 0 Å². The van der Waals surface area contributed by atoms with Crippen molar-refractivity contribution in [2.75, 3.05) is 0 Å². The summed E-state index contributed by atoms with van der Waals surface area (Å²) in [7, 11) is -1.83. The molecule has 2 unspecified atom stereocenters. The molecule has 4 aromatic carbocycles. The molecule has 0 radical (unpaired) electrons. The summed E-state index contributed by atoms with van der Waals surface area (Å²) in [5, 5.41) is 3.62. The molecule has 1 heterocycles. The SMILES string of the molecule is Cc1cccc(-c2cccc3c2C=C2[CH]3[Hf]([CH3])([CH3])[CH]3C(=Cc4c(-c5cccc(C)c5)cccc43)[Si]2(C)C)c1. The molecule has 1 aliphatic heterocycles. The minimum absolute atomic E-state index is 0.680. The molecule has 0 amide bonds. The predicted octanol–water partition coefficient (Wildman–Crippen LogP) is 10.3. The molecule has 0 nitrogen and oxygen atoms in total. The molecule has 3 aliphatic rings. The van der Waals surface area contributed by atoms with Gasteiger partial charge >= 0.3 is 235 Å². The van der Waals surface area contributed by atoms with Crippen molar-refractivity contribution < 1.29 is 20.0 Å². The third-order valence-electron chi connectivity index (χ3n) is 9.71. The number of hydrogen-bond donors (Lipinski definition) is 0. The van der Waals surface area contributed by atoms with Crippen LogP contribution in [-0.4, -0.2) is 8.07 Å². The van der Waals surface area contributed by atoms with Crippen molar-refractivity contribution in [1.82, 2.24) is 0 Å². The van der Waals surface area contributed by atoms with Crippen molar-refractivity contribution in [1.29, 1.82) is 0 Å². The van der Waals surface area contributed by atoms with E-state index >= 15 is 0 Å². The van der Waals surface area contributed by atoms with E-state index in [4.69, 9.17) is 0 Å². The number of benzene rings is 4. The normalized spacial score (nSPS) is 21.6. The van der Waals surface area contributed by atoms with Crippen LogP contribution in [0.3, 0.4) is 0 Å². The zero-order valence-corrected chi connectivity index (χ0v) is 28.0. The molecule has 0 saturated carbocycles. The third-order valence-corrected chi connectivity index (χ3v) is 30.7. The summed E-state index contributed by atoms with van der Waals surface area (Å²) in [6.45, 7) is 9.70. The van der Waals surface area contributed by atoms with E-state index in [0.29, 0.717) is 7.35 Å². The van der Waals surface area contributed by atoms with Crippen LogP contribution in [0.15, 0.2) is 95.3 Å². The quantitative estimate of drug-likeness (QED) is 0.186. The zero-order chi connectivity index (χ0) is 26.4. The van der Waals surface area contributed by atoms with Gasteiger partial charge in [-0.3, -0.25) is 0 Å². The van der Waals surface area contributed by atoms with E-state index in [1.807, 2.05) is 10.4 Å². The van der Waals surface area contributed by atoms with Gasteiger partial charge in [0.05, 0.1) is 0 Å². The molecule has 2 heteroatoms. The molecule has 0 spiro atoms. The van der Waals surface area contributed by atoms with Gasteiger partial charge in [-0.25, -0.2) is 0 Å². The van der Waals surface area contributed by atoms with Crippen LogP contribution in [-0.2, 0) is 20.0 Å². The van der Waals surface area contributed by atoms with Crippen LogP contribution >= 0.6 is 0 Å². The van der Waals surface area contributed by atoms with Crippen molar-refractivity contribution in [3.8, 4) is 22.3 Å². The maximum atomic E-state index is 2.76.